The Morgan fingerprint density at radius 2 is 1.89 bits per heavy atom. The van der Waals surface area contributed by atoms with Gasteiger partial charge in [0.2, 0.25) is 0 Å². The summed E-state index contributed by atoms with van der Waals surface area (Å²) in [4.78, 5) is 15.0. The Labute approximate surface area is 220 Å². The van der Waals surface area contributed by atoms with E-state index < -0.39 is 11.1 Å². The fraction of sp³-hybridized carbons (Fsp3) is 0.552. The first-order valence-electron chi connectivity index (χ1n) is 13.1. The monoisotopic (exact) mass is 515 g/mol. The van der Waals surface area contributed by atoms with Gasteiger partial charge in [-0.05, 0) is 83.3 Å². The van der Waals surface area contributed by atoms with Gasteiger partial charge in [-0.1, -0.05) is 18.2 Å². The van der Waals surface area contributed by atoms with Gasteiger partial charge in [-0.25, -0.2) is 9.18 Å². The number of unbranched alkanes of at least 4 members (excludes halogenated alkanes) is 1. The highest BCUT2D eigenvalue weighted by molar-refractivity contribution is 5.75. The summed E-state index contributed by atoms with van der Waals surface area (Å²) < 4.78 is 24.8. The smallest absolute Gasteiger partial charge is 0.317 e. The van der Waals surface area contributed by atoms with Crippen LogP contribution in [0.25, 0.3) is 0 Å². The van der Waals surface area contributed by atoms with Crippen LogP contribution in [0.2, 0.25) is 0 Å². The van der Waals surface area contributed by atoms with E-state index in [4.69, 9.17) is 9.47 Å². The van der Waals surface area contributed by atoms with Crippen molar-refractivity contribution in [1.82, 2.24) is 15.5 Å². The van der Waals surface area contributed by atoms with E-state index in [2.05, 4.69) is 10.6 Å². The van der Waals surface area contributed by atoms with E-state index in [9.17, 15) is 14.3 Å². The Morgan fingerprint density at radius 1 is 1.16 bits per heavy atom. The molecule has 1 heterocycles. The van der Waals surface area contributed by atoms with Crippen molar-refractivity contribution in [2.75, 3.05) is 40.4 Å². The molecular formula is C29H42FN3O4. The molecular weight excluding hydrogens is 473 g/mol. The number of halogens is 1. The lowest BCUT2D eigenvalue weighted by Crippen LogP contribution is -2.57. The number of hydrogen-bond acceptors (Lipinski definition) is 5. The van der Waals surface area contributed by atoms with E-state index in [1.165, 1.54) is 12.1 Å². The number of para-hydroxylation sites is 1. The average molecular weight is 516 g/mol. The van der Waals surface area contributed by atoms with Crippen LogP contribution < -0.4 is 15.4 Å². The number of nitrogens with zero attached hydrogens (tertiary/aromatic N) is 1. The molecule has 0 saturated carbocycles. The SMILES string of the molecule is CNCC(C)(C)NC(=O)N1CCCC(C(O)(CCCCOC)c2ccccc2Oc2ccc(F)cc2)C1. The second-order valence-corrected chi connectivity index (χ2v) is 10.6. The van der Waals surface area contributed by atoms with Crippen LogP contribution in [0.4, 0.5) is 9.18 Å². The molecule has 2 amide bonds. The molecule has 7 nitrogen and oxygen atoms in total. The summed E-state index contributed by atoms with van der Waals surface area (Å²) in [5.41, 5.74) is -0.936. The Hall–Kier alpha value is -2.68. The Morgan fingerprint density at radius 3 is 2.59 bits per heavy atom. The van der Waals surface area contributed by atoms with E-state index in [1.54, 1.807) is 19.2 Å². The van der Waals surface area contributed by atoms with Crippen LogP contribution in [0.3, 0.4) is 0 Å². The van der Waals surface area contributed by atoms with Crippen LogP contribution in [0, 0.1) is 11.7 Å². The lowest BCUT2D eigenvalue weighted by Gasteiger charge is -2.44. The number of methoxy groups -OCH3 is 1. The van der Waals surface area contributed by atoms with Crippen LogP contribution in [-0.4, -0.2) is 62.0 Å². The molecule has 0 spiro atoms. The zero-order valence-corrected chi connectivity index (χ0v) is 22.6. The molecule has 1 aliphatic heterocycles. The maximum atomic E-state index is 13.4. The number of hydrogen-bond donors (Lipinski definition) is 3. The van der Waals surface area contributed by atoms with Crippen molar-refractivity contribution in [3.63, 3.8) is 0 Å². The highest BCUT2D eigenvalue weighted by Gasteiger charge is 2.43. The first kappa shape index (κ1) is 28.9. The van der Waals surface area contributed by atoms with Gasteiger partial charge in [-0.15, -0.1) is 0 Å². The number of piperidine rings is 1. The zero-order chi connectivity index (χ0) is 26.9. The van der Waals surface area contributed by atoms with E-state index in [0.29, 0.717) is 49.7 Å². The van der Waals surface area contributed by atoms with Gasteiger partial charge in [0, 0.05) is 50.4 Å². The molecule has 2 aromatic carbocycles. The summed E-state index contributed by atoms with van der Waals surface area (Å²) in [6, 6.07) is 13.2. The minimum absolute atomic E-state index is 0.123. The molecule has 37 heavy (non-hydrogen) atoms. The lowest BCUT2D eigenvalue weighted by molar-refractivity contribution is -0.0576. The largest absolute Gasteiger partial charge is 0.457 e. The van der Waals surface area contributed by atoms with Gasteiger partial charge in [0.25, 0.3) is 0 Å². The number of likely N-dealkylation sites (N-methyl/N-ethyl adjacent to an activating group) is 1. The molecule has 3 N–H and O–H groups in total. The normalized spacial score (nSPS) is 17.8. The van der Waals surface area contributed by atoms with Crippen LogP contribution in [0.1, 0.15) is 51.5 Å². The van der Waals surface area contributed by atoms with Gasteiger partial charge in [0.05, 0.1) is 5.60 Å². The molecule has 204 valence electrons. The van der Waals surface area contributed by atoms with Gasteiger partial charge < -0.3 is 30.1 Å². The summed E-state index contributed by atoms with van der Waals surface area (Å²) in [5, 5.41) is 18.6. The highest BCUT2D eigenvalue weighted by Crippen LogP contribution is 2.44. The van der Waals surface area contributed by atoms with Crippen molar-refractivity contribution in [2.24, 2.45) is 5.92 Å². The molecule has 1 fully saturated rings. The second-order valence-electron chi connectivity index (χ2n) is 10.6. The van der Waals surface area contributed by atoms with Gasteiger partial charge >= 0.3 is 6.03 Å². The maximum Gasteiger partial charge on any atom is 0.317 e. The third kappa shape index (κ3) is 7.90. The second kappa shape index (κ2) is 13.2. The Bertz CT molecular complexity index is 1000. The Balaban J connectivity index is 1.88. The van der Waals surface area contributed by atoms with Crippen molar-refractivity contribution >= 4 is 6.03 Å². The third-order valence-corrected chi connectivity index (χ3v) is 7.00. The number of ether oxygens (including phenoxy) is 2. The van der Waals surface area contributed by atoms with Crippen molar-refractivity contribution in [3.8, 4) is 11.5 Å². The predicted octanol–water partition coefficient (Wildman–Crippen LogP) is 5.04. The summed E-state index contributed by atoms with van der Waals surface area (Å²) in [7, 11) is 3.53. The molecule has 2 aromatic rings. The van der Waals surface area contributed by atoms with Gasteiger partial charge in [-0.3, -0.25) is 0 Å². The summed E-state index contributed by atoms with van der Waals surface area (Å²) >= 11 is 0. The quantitative estimate of drug-likeness (QED) is 0.345. The number of urea groups is 1. The highest BCUT2D eigenvalue weighted by atomic mass is 19.1. The molecule has 1 saturated heterocycles. The average Bonchev–Trinajstić information content (AvgIpc) is 2.88. The zero-order valence-electron chi connectivity index (χ0n) is 22.6. The number of nitrogens with one attached hydrogen (secondary N) is 2. The maximum absolute atomic E-state index is 13.4. The molecule has 1 aliphatic rings. The fourth-order valence-electron chi connectivity index (χ4n) is 5.15. The van der Waals surface area contributed by atoms with E-state index in [0.717, 1.165) is 25.7 Å². The number of rotatable bonds is 12. The summed E-state index contributed by atoms with van der Waals surface area (Å²) in [6.45, 7) is 6.31. The molecule has 3 rings (SSSR count). The van der Waals surface area contributed by atoms with Crippen LogP contribution >= 0.6 is 0 Å². The van der Waals surface area contributed by atoms with E-state index in [1.807, 2.05) is 50.1 Å². The molecule has 0 aliphatic carbocycles. The summed E-state index contributed by atoms with van der Waals surface area (Å²) in [6.07, 6.45) is 3.66. The van der Waals surface area contributed by atoms with Crippen molar-refractivity contribution in [2.45, 2.75) is 57.1 Å². The molecule has 2 atom stereocenters. The van der Waals surface area contributed by atoms with Crippen LogP contribution in [0.5, 0.6) is 11.5 Å². The van der Waals surface area contributed by atoms with Gasteiger partial charge in [0.15, 0.2) is 0 Å². The number of aliphatic hydroxyl groups is 1. The van der Waals surface area contributed by atoms with Crippen molar-refractivity contribution < 1.29 is 23.8 Å². The third-order valence-electron chi connectivity index (χ3n) is 7.00. The molecule has 0 bridgehead atoms. The Kier molecular flexibility index (Phi) is 10.3. The minimum atomic E-state index is -1.22. The number of amides is 2. The number of likely N-dealkylation sites (tertiary alicyclic amines) is 1. The molecule has 0 radical (unpaired) electrons. The minimum Gasteiger partial charge on any atom is -0.457 e. The van der Waals surface area contributed by atoms with Crippen LogP contribution in [0.15, 0.2) is 48.5 Å². The standard InChI is InChI=1S/C29H42FN3O4/c1-28(2,21-31-3)32-27(34)33-18-9-10-22(20-33)29(35,17-7-8-19-36-4)25-11-5-6-12-26(25)37-24-15-13-23(30)14-16-24/h5-6,11-16,22,31,35H,7-10,17-21H2,1-4H3,(H,32,34). The molecule has 8 heteroatoms. The first-order chi connectivity index (χ1) is 17.7. The first-order valence-corrected chi connectivity index (χ1v) is 13.1. The van der Waals surface area contributed by atoms with Gasteiger partial charge in [0.1, 0.15) is 17.3 Å². The van der Waals surface area contributed by atoms with Crippen LogP contribution in [-0.2, 0) is 10.3 Å². The molecule has 2 unspecified atom stereocenters. The lowest BCUT2D eigenvalue weighted by atomic mass is 9.73. The van der Waals surface area contributed by atoms with Crippen molar-refractivity contribution in [3.05, 3.63) is 59.9 Å². The summed E-state index contributed by atoms with van der Waals surface area (Å²) in [5.74, 6) is 0.501. The fourth-order valence-corrected chi connectivity index (χ4v) is 5.15. The van der Waals surface area contributed by atoms with Crippen molar-refractivity contribution in [1.29, 1.82) is 0 Å². The van der Waals surface area contributed by atoms with E-state index in [-0.39, 0.29) is 17.8 Å². The van der Waals surface area contributed by atoms with E-state index >= 15 is 0 Å². The molecule has 0 aromatic heterocycles. The van der Waals surface area contributed by atoms with Gasteiger partial charge in [-0.2, -0.15) is 0 Å². The number of benzene rings is 2. The topological polar surface area (TPSA) is 83.1 Å². The predicted molar refractivity (Wildman–Crippen MR) is 143 cm³/mol. The number of carbonyl (C=O) groups excluding carboxylic acids is 1. The number of carbonyl (C=O) groups is 1.